The Morgan fingerprint density at radius 2 is 1.58 bits per heavy atom. The SMILES string of the molecule is COc1ccc(CN(CC(=O)O)C(=O)C(C)NC(=O)OCC2c3ccccc3-c3ccccc32)c(OC)c1. The highest BCUT2D eigenvalue weighted by Crippen LogP contribution is 2.44. The lowest BCUT2D eigenvalue weighted by atomic mass is 9.98. The van der Waals surface area contributed by atoms with Crippen molar-refractivity contribution in [2.24, 2.45) is 0 Å². The van der Waals surface area contributed by atoms with Crippen LogP contribution in [0.5, 0.6) is 11.5 Å². The number of hydrogen-bond donors (Lipinski definition) is 2. The lowest BCUT2D eigenvalue weighted by molar-refractivity contribution is -0.145. The molecule has 0 heterocycles. The van der Waals surface area contributed by atoms with Gasteiger partial charge in [-0.2, -0.15) is 0 Å². The van der Waals surface area contributed by atoms with E-state index in [9.17, 15) is 19.5 Å². The Morgan fingerprint density at radius 3 is 2.16 bits per heavy atom. The van der Waals surface area contributed by atoms with Crippen LogP contribution in [0.25, 0.3) is 11.1 Å². The van der Waals surface area contributed by atoms with Crippen molar-refractivity contribution in [2.45, 2.75) is 25.4 Å². The normalized spacial score (nSPS) is 12.6. The first-order valence-corrected chi connectivity index (χ1v) is 12.1. The van der Waals surface area contributed by atoms with Crippen molar-refractivity contribution >= 4 is 18.0 Å². The Hall–Kier alpha value is -4.53. The monoisotopic (exact) mass is 518 g/mol. The molecule has 9 nitrogen and oxygen atoms in total. The van der Waals surface area contributed by atoms with Crippen LogP contribution in [0.15, 0.2) is 66.7 Å². The summed E-state index contributed by atoms with van der Waals surface area (Å²) in [5, 5.41) is 11.9. The molecule has 0 fully saturated rings. The second-order valence-corrected chi connectivity index (χ2v) is 8.96. The Morgan fingerprint density at radius 1 is 0.947 bits per heavy atom. The number of benzene rings is 3. The number of fused-ring (bicyclic) bond motifs is 3. The molecule has 0 radical (unpaired) electrons. The topological polar surface area (TPSA) is 114 Å². The van der Waals surface area contributed by atoms with Crippen LogP contribution in [0, 0.1) is 0 Å². The third kappa shape index (κ3) is 5.72. The van der Waals surface area contributed by atoms with E-state index < -0.39 is 30.6 Å². The lowest BCUT2D eigenvalue weighted by Gasteiger charge is -2.25. The summed E-state index contributed by atoms with van der Waals surface area (Å²) in [6.45, 7) is 1.01. The van der Waals surface area contributed by atoms with Gasteiger partial charge in [-0.05, 0) is 41.3 Å². The summed E-state index contributed by atoms with van der Waals surface area (Å²) in [5.41, 5.74) is 4.97. The molecule has 0 saturated carbocycles. The molecule has 1 atom stereocenters. The van der Waals surface area contributed by atoms with Crippen LogP contribution < -0.4 is 14.8 Å². The van der Waals surface area contributed by atoms with E-state index in [2.05, 4.69) is 5.32 Å². The summed E-state index contributed by atoms with van der Waals surface area (Å²) in [6, 6.07) is 20.0. The number of amides is 2. The third-order valence-corrected chi connectivity index (χ3v) is 6.54. The summed E-state index contributed by atoms with van der Waals surface area (Å²) < 4.78 is 16.1. The van der Waals surface area contributed by atoms with Gasteiger partial charge in [-0.15, -0.1) is 0 Å². The predicted octanol–water partition coefficient (Wildman–Crippen LogP) is 4.04. The molecule has 0 aromatic heterocycles. The molecule has 0 saturated heterocycles. The molecule has 198 valence electrons. The second kappa shape index (κ2) is 11.7. The third-order valence-electron chi connectivity index (χ3n) is 6.54. The van der Waals surface area contributed by atoms with Crippen molar-refractivity contribution in [3.05, 3.63) is 83.4 Å². The van der Waals surface area contributed by atoms with Gasteiger partial charge in [0.1, 0.15) is 30.7 Å². The molecular weight excluding hydrogens is 488 g/mol. The molecule has 3 aromatic rings. The molecule has 3 aromatic carbocycles. The number of rotatable bonds is 10. The van der Waals surface area contributed by atoms with E-state index in [0.29, 0.717) is 17.1 Å². The largest absolute Gasteiger partial charge is 0.497 e. The highest BCUT2D eigenvalue weighted by Gasteiger charge is 2.30. The highest BCUT2D eigenvalue weighted by molar-refractivity contribution is 5.88. The van der Waals surface area contributed by atoms with E-state index in [1.54, 1.807) is 18.2 Å². The maximum absolute atomic E-state index is 13.2. The number of aliphatic carboxylic acids is 1. The zero-order chi connectivity index (χ0) is 27.2. The number of carboxylic acid groups (broad SMARTS) is 1. The van der Waals surface area contributed by atoms with Gasteiger partial charge in [0.2, 0.25) is 5.91 Å². The van der Waals surface area contributed by atoms with Crippen molar-refractivity contribution in [1.29, 1.82) is 0 Å². The highest BCUT2D eigenvalue weighted by atomic mass is 16.5. The zero-order valence-corrected chi connectivity index (χ0v) is 21.5. The molecule has 9 heteroatoms. The van der Waals surface area contributed by atoms with Gasteiger partial charge < -0.3 is 29.5 Å². The molecule has 0 aliphatic heterocycles. The molecule has 1 aliphatic carbocycles. The van der Waals surface area contributed by atoms with Crippen molar-refractivity contribution in [3.8, 4) is 22.6 Å². The van der Waals surface area contributed by atoms with Crippen LogP contribution in [0.4, 0.5) is 4.79 Å². The van der Waals surface area contributed by atoms with Crippen molar-refractivity contribution in [3.63, 3.8) is 0 Å². The average molecular weight is 519 g/mol. The second-order valence-electron chi connectivity index (χ2n) is 8.96. The quantitative estimate of drug-likeness (QED) is 0.416. The van der Waals surface area contributed by atoms with Gasteiger partial charge in [0.05, 0.1) is 20.8 Å². The van der Waals surface area contributed by atoms with Crippen molar-refractivity contribution in [2.75, 3.05) is 27.4 Å². The number of carboxylic acids is 1. The average Bonchev–Trinajstić information content (AvgIpc) is 3.24. The summed E-state index contributed by atoms with van der Waals surface area (Å²) in [7, 11) is 2.99. The fraction of sp³-hybridized carbons (Fsp3) is 0.276. The molecule has 2 N–H and O–H groups in total. The van der Waals surface area contributed by atoms with Gasteiger partial charge in [-0.1, -0.05) is 48.5 Å². The van der Waals surface area contributed by atoms with Crippen LogP contribution >= 0.6 is 0 Å². The van der Waals surface area contributed by atoms with Gasteiger partial charge in [0, 0.05) is 17.5 Å². The zero-order valence-electron chi connectivity index (χ0n) is 21.5. The van der Waals surface area contributed by atoms with Crippen molar-refractivity contribution < 1.29 is 33.7 Å². The molecule has 1 unspecified atom stereocenters. The predicted molar refractivity (Wildman–Crippen MR) is 140 cm³/mol. The van der Waals surface area contributed by atoms with Crippen LogP contribution in [0.2, 0.25) is 0 Å². The molecule has 1 aliphatic rings. The number of carbonyl (C=O) groups excluding carboxylic acids is 2. The van der Waals surface area contributed by atoms with E-state index in [1.807, 2.05) is 48.5 Å². The first kappa shape index (κ1) is 26.5. The number of ether oxygens (including phenoxy) is 3. The van der Waals surface area contributed by atoms with E-state index in [-0.39, 0.29) is 19.1 Å². The number of hydrogen-bond acceptors (Lipinski definition) is 6. The lowest BCUT2D eigenvalue weighted by Crippen LogP contribution is -2.48. The van der Waals surface area contributed by atoms with Gasteiger partial charge in [-0.3, -0.25) is 9.59 Å². The van der Waals surface area contributed by atoms with Gasteiger partial charge >= 0.3 is 12.1 Å². The van der Waals surface area contributed by atoms with Gasteiger partial charge in [-0.25, -0.2) is 4.79 Å². The maximum atomic E-state index is 13.2. The maximum Gasteiger partial charge on any atom is 0.407 e. The minimum Gasteiger partial charge on any atom is -0.497 e. The van der Waals surface area contributed by atoms with Crippen LogP contribution in [0.1, 0.15) is 29.5 Å². The Balaban J connectivity index is 1.41. The minimum atomic E-state index is -1.18. The number of methoxy groups -OCH3 is 2. The van der Waals surface area contributed by atoms with E-state index >= 15 is 0 Å². The number of nitrogens with one attached hydrogen (secondary N) is 1. The first-order chi connectivity index (χ1) is 18.3. The van der Waals surface area contributed by atoms with Crippen LogP contribution in [-0.4, -0.2) is 61.4 Å². The minimum absolute atomic E-state index is 0.0327. The fourth-order valence-electron chi connectivity index (χ4n) is 4.72. The molecular formula is C29H30N2O7. The summed E-state index contributed by atoms with van der Waals surface area (Å²) >= 11 is 0. The number of carbonyl (C=O) groups is 3. The van der Waals surface area contributed by atoms with Crippen LogP contribution in [-0.2, 0) is 20.9 Å². The fourth-order valence-corrected chi connectivity index (χ4v) is 4.72. The first-order valence-electron chi connectivity index (χ1n) is 12.1. The molecule has 0 spiro atoms. The molecule has 4 rings (SSSR count). The Labute approximate surface area is 220 Å². The Bertz CT molecular complexity index is 1290. The van der Waals surface area contributed by atoms with Gasteiger partial charge in [0.15, 0.2) is 0 Å². The molecule has 38 heavy (non-hydrogen) atoms. The smallest absolute Gasteiger partial charge is 0.407 e. The number of nitrogens with zero attached hydrogens (tertiary/aromatic N) is 1. The van der Waals surface area contributed by atoms with E-state index in [1.165, 1.54) is 21.1 Å². The molecule has 2 amide bonds. The number of alkyl carbamates (subject to hydrolysis) is 1. The summed E-state index contributed by atoms with van der Waals surface area (Å²) in [6.07, 6.45) is -0.759. The Kier molecular flexibility index (Phi) is 8.15. The van der Waals surface area contributed by atoms with Crippen LogP contribution in [0.3, 0.4) is 0 Å². The van der Waals surface area contributed by atoms with Gasteiger partial charge in [0.25, 0.3) is 0 Å². The van der Waals surface area contributed by atoms with Crippen molar-refractivity contribution in [1.82, 2.24) is 10.2 Å². The summed E-state index contributed by atoms with van der Waals surface area (Å²) in [5.74, 6) is -0.861. The van der Waals surface area contributed by atoms with E-state index in [0.717, 1.165) is 27.2 Å². The standard InChI is InChI=1S/C29H30N2O7/c1-18(28(34)31(16-27(32)33)15-19-12-13-20(36-2)14-26(19)37-3)30-29(35)38-17-25-23-10-6-4-8-21(23)22-9-5-7-11-24(22)25/h4-14,18,25H,15-17H2,1-3H3,(H,30,35)(H,32,33). The van der Waals surface area contributed by atoms with E-state index in [4.69, 9.17) is 14.2 Å². The molecule has 0 bridgehead atoms. The summed E-state index contributed by atoms with van der Waals surface area (Å²) in [4.78, 5) is 38.5.